The van der Waals surface area contributed by atoms with Gasteiger partial charge in [0.25, 0.3) is 0 Å². The Balaban J connectivity index is 1.95. The number of carbonyl (C=O) groups excluding carboxylic acids is 2. The Hall–Kier alpha value is -1.06. The lowest BCUT2D eigenvalue weighted by Crippen LogP contribution is -2.50. The van der Waals surface area contributed by atoms with Gasteiger partial charge >= 0.3 is 5.97 Å². The first-order valence-corrected chi connectivity index (χ1v) is 9.06. The van der Waals surface area contributed by atoms with Crippen molar-refractivity contribution in [2.75, 3.05) is 7.11 Å². The predicted molar refractivity (Wildman–Crippen MR) is 88.5 cm³/mol. The molecule has 4 nitrogen and oxygen atoms in total. The van der Waals surface area contributed by atoms with Crippen molar-refractivity contribution in [3.63, 3.8) is 0 Å². The van der Waals surface area contributed by atoms with Crippen LogP contribution in [-0.2, 0) is 14.3 Å². The maximum atomic E-state index is 11.8. The Bertz CT molecular complexity index is 330. The van der Waals surface area contributed by atoms with E-state index in [1.54, 1.807) is 0 Å². The van der Waals surface area contributed by atoms with E-state index in [-0.39, 0.29) is 23.8 Å². The first kappa shape index (κ1) is 19.0. The number of ether oxygens (including phenoxy) is 1. The third-order valence-corrected chi connectivity index (χ3v) is 4.63. The summed E-state index contributed by atoms with van der Waals surface area (Å²) >= 11 is 0. The van der Waals surface area contributed by atoms with Crippen molar-refractivity contribution >= 4 is 11.9 Å². The highest BCUT2D eigenvalue weighted by Crippen LogP contribution is 2.28. The molecule has 1 rings (SSSR count). The van der Waals surface area contributed by atoms with E-state index in [9.17, 15) is 9.59 Å². The lowest BCUT2D eigenvalue weighted by molar-refractivity contribution is -0.150. The van der Waals surface area contributed by atoms with Crippen molar-refractivity contribution in [3.8, 4) is 0 Å². The number of hydrogen-bond donors (Lipinski definition) is 1. The van der Waals surface area contributed by atoms with Crippen molar-refractivity contribution in [2.45, 2.75) is 90.0 Å². The molecule has 0 aromatic heterocycles. The van der Waals surface area contributed by atoms with E-state index in [0.29, 0.717) is 6.42 Å². The molecule has 1 aliphatic rings. The van der Waals surface area contributed by atoms with Crippen LogP contribution in [-0.4, -0.2) is 25.0 Å². The molecule has 0 radical (unpaired) electrons. The summed E-state index contributed by atoms with van der Waals surface area (Å²) in [5, 5.41) is 2.97. The van der Waals surface area contributed by atoms with Gasteiger partial charge in [-0.15, -0.1) is 0 Å². The Morgan fingerprint density at radius 2 is 1.55 bits per heavy atom. The van der Waals surface area contributed by atoms with Crippen LogP contribution in [0.5, 0.6) is 0 Å². The molecule has 0 bridgehead atoms. The van der Waals surface area contributed by atoms with Crippen LogP contribution in [0, 0.1) is 5.92 Å². The molecule has 0 unspecified atom stereocenters. The van der Waals surface area contributed by atoms with Gasteiger partial charge in [0.1, 0.15) is 0 Å². The first-order chi connectivity index (χ1) is 10.7. The minimum atomic E-state index is -0.195. The number of methoxy groups -OCH3 is 1. The van der Waals surface area contributed by atoms with Crippen LogP contribution < -0.4 is 5.32 Å². The second kappa shape index (κ2) is 11.5. The van der Waals surface area contributed by atoms with Gasteiger partial charge in [-0.05, 0) is 19.3 Å². The van der Waals surface area contributed by atoms with Gasteiger partial charge < -0.3 is 10.1 Å². The summed E-state index contributed by atoms with van der Waals surface area (Å²) in [5.41, 5.74) is 0. The fourth-order valence-corrected chi connectivity index (χ4v) is 2.98. The van der Waals surface area contributed by atoms with Gasteiger partial charge in [0.05, 0.1) is 13.0 Å². The van der Waals surface area contributed by atoms with E-state index in [1.165, 1.54) is 52.1 Å². The van der Waals surface area contributed by atoms with Crippen LogP contribution in [0.15, 0.2) is 0 Å². The van der Waals surface area contributed by atoms with Crippen LogP contribution in [0.3, 0.4) is 0 Å². The normalized spacial score (nSPS) is 20.3. The average Bonchev–Trinajstić information content (AvgIpc) is 2.49. The monoisotopic (exact) mass is 311 g/mol. The van der Waals surface area contributed by atoms with Crippen molar-refractivity contribution in [2.24, 2.45) is 5.92 Å². The fraction of sp³-hybridized carbons (Fsp3) is 0.889. The van der Waals surface area contributed by atoms with E-state index >= 15 is 0 Å². The van der Waals surface area contributed by atoms with Gasteiger partial charge in [0.2, 0.25) is 5.91 Å². The number of hydrogen-bond acceptors (Lipinski definition) is 3. The van der Waals surface area contributed by atoms with Gasteiger partial charge in [0.15, 0.2) is 0 Å². The quantitative estimate of drug-likeness (QED) is 0.438. The molecular formula is C18H33NO3. The number of nitrogens with one attached hydrogen (secondary N) is 1. The molecule has 0 saturated heterocycles. The smallest absolute Gasteiger partial charge is 0.310 e. The van der Waals surface area contributed by atoms with Gasteiger partial charge in [-0.1, -0.05) is 58.3 Å². The number of amides is 1. The van der Waals surface area contributed by atoms with Crippen molar-refractivity contribution in [1.29, 1.82) is 0 Å². The fourth-order valence-electron chi connectivity index (χ4n) is 2.98. The average molecular weight is 311 g/mol. The van der Waals surface area contributed by atoms with Crippen LogP contribution in [0.25, 0.3) is 0 Å². The zero-order valence-corrected chi connectivity index (χ0v) is 14.4. The molecule has 0 aromatic rings. The van der Waals surface area contributed by atoms with E-state index in [2.05, 4.69) is 12.2 Å². The molecule has 1 aliphatic carbocycles. The number of unbranched alkanes of at least 4 members (excludes halogenated alkanes) is 8. The molecule has 0 aromatic carbocycles. The molecule has 0 spiro atoms. The summed E-state index contributed by atoms with van der Waals surface area (Å²) in [7, 11) is 1.40. The number of esters is 1. The Morgan fingerprint density at radius 3 is 2.05 bits per heavy atom. The van der Waals surface area contributed by atoms with Gasteiger partial charge in [0, 0.05) is 12.5 Å². The third kappa shape index (κ3) is 7.28. The maximum Gasteiger partial charge on any atom is 0.310 e. The highest BCUT2D eigenvalue weighted by Gasteiger charge is 2.38. The Labute approximate surface area is 135 Å². The van der Waals surface area contributed by atoms with E-state index in [1.807, 2.05) is 0 Å². The maximum absolute atomic E-state index is 11.8. The molecule has 1 fully saturated rings. The zero-order chi connectivity index (χ0) is 16.2. The van der Waals surface area contributed by atoms with Crippen LogP contribution in [0.4, 0.5) is 0 Å². The summed E-state index contributed by atoms with van der Waals surface area (Å²) in [4.78, 5) is 23.3. The van der Waals surface area contributed by atoms with Gasteiger partial charge in [-0.3, -0.25) is 9.59 Å². The summed E-state index contributed by atoms with van der Waals surface area (Å²) in [5.74, 6) is -0.238. The largest absolute Gasteiger partial charge is 0.469 e. The highest BCUT2D eigenvalue weighted by atomic mass is 16.5. The van der Waals surface area contributed by atoms with E-state index in [0.717, 1.165) is 25.7 Å². The van der Waals surface area contributed by atoms with Crippen molar-refractivity contribution in [1.82, 2.24) is 5.32 Å². The molecule has 0 aliphatic heterocycles. The van der Waals surface area contributed by atoms with Crippen molar-refractivity contribution < 1.29 is 14.3 Å². The summed E-state index contributed by atoms with van der Waals surface area (Å²) in [6, 6.07) is -0.00137. The Morgan fingerprint density at radius 1 is 0.955 bits per heavy atom. The van der Waals surface area contributed by atoms with Crippen LogP contribution in [0.1, 0.15) is 84.0 Å². The third-order valence-electron chi connectivity index (χ3n) is 4.63. The summed E-state index contributed by atoms with van der Waals surface area (Å²) in [6.45, 7) is 2.24. The predicted octanol–water partition coefficient (Wildman–Crippen LogP) is 3.98. The lowest BCUT2D eigenvalue weighted by atomic mass is 9.79. The standard InChI is InChI=1S/C18H33NO3/c1-3-4-5-6-7-8-9-10-11-12-17(20)19-16-14-13-15(16)18(21)22-2/h15-16H,3-14H2,1-2H3,(H,19,20)/t15-,16-/m1/s1. The number of carbonyl (C=O) groups is 2. The molecular weight excluding hydrogens is 278 g/mol. The van der Waals surface area contributed by atoms with Crippen LogP contribution in [0.2, 0.25) is 0 Å². The summed E-state index contributed by atoms with van der Waals surface area (Å²) in [6.07, 6.45) is 13.6. The second-order valence-corrected chi connectivity index (χ2v) is 6.46. The first-order valence-electron chi connectivity index (χ1n) is 9.06. The molecule has 1 amide bonds. The summed E-state index contributed by atoms with van der Waals surface area (Å²) < 4.78 is 4.74. The minimum absolute atomic E-state index is 0.00137. The van der Waals surface area contributed by atoms with E-state index in [4.69, 9.17) is 4.74 Å². The van der Waals surface area contributed by atoms with Gasteiger partial charge in [-0.2, -0.15) is 0 Å². The number of rotatable bonds is 12. The van der Waals surface area contributed by atoms with Crippen molar-refractivity contribution in [3.05, 3.63) is 0 Å². The SMILES string of the molecule is CCCCCCCCCCCC(=O)N[C@@H]1CC[C@H]1C(=O)OC. The second-order valence-electron chi connectivity index (χ2n) is 6.46. The molecule has 2 atom stereocenters. The molecule has 22 heavy (non-hydrogen) atoms. The van der Waals surface area contributed by atoms with Gasteiger partial charge in [-0.25, -0.2) is 0 Å². The lowest BCUT2D eigenvalue weighted by Gasteiger charge is -2.34. The highest BCUT2D eigenvalue weighted by molar-refractivity contribution is 5.79. The molecule has 4 heteroatoms. The minimum Gasteiger partial charge on any atom is -0.469 e. The zero-order valence-electron chi connectivity index (χ0n) is 14.4. The molecule has 1 N–H and O–H groups in total. The topological polar surface area (TPSA) is 55.4 Å². The van der Waals surface area contributed by atoms with E-state index < -0.39 is 0 Å². The Kier molecular flexibility index (Phi) is 9.93. The molecule has 128 valence electrons. The molecule has 0 heterocycles. The van der Waals surface area contributed by atoms with Crippen LogP contribution >= 0.6 is 0 Å². The molecule has 1 saturated carbocycles.